The summed E-state index contributed by atoms with van der Waals surface area (Å²) in [6.07, 6.45) is 4.64. The van der Waals surface area contributed by atoms with Gasteiger partial charge < -0.3 is 34.4 Å². The van der Waals surface area contributed by atoms with Crippen LogP contribution in [0.3, 0.4) is 0 Å². The van der Waals surface area contributed by atoms with Crippen molar-refractivity contribution in [3.05, 3.63) is 95.0 Å². The molecule has 2 amide bonds. The third kappa shape index (κ3) is 7.55. The zero-order chi connectivity index (χ0) is 41.7. The number of β-amino-alcohol motifs (C(OH)–C–C–N with tert-alkyl or cyclic N) is 1. The number of aromatic hydroxyl groups is 1. The highest BCUT2D eigenvalue weighted by Crippen LogP contribution is 2.42. The number of aliphatic hydroxyl groups is 1. The number of hydrogen-bond donors (Lipinski definition) is 3. The van der Waals surface area contributed by atoms with Crippen LogP contribution in [0.4, 0.5) is 5.82 Å². The van der Waals surface area contributed by atoms with Gasteiger partial charge in [0.25, 0.3) is 0 Å². The Kier molecular flexibility index (Phi) is 10.9. The van der Waals surface area contributed by atoms with Crippen molar-refractivity contribution in [2.75, 3.05) is 24.5 Å². The van der Waals surface area contributed by atoms with E-state index in [1.165, 1.54) is 17.0 Å². The summed E-state index contributed by atoms with van der Waals surface area (Å²) < 4.78 is 8.43. The van der Waals surface area contributed by atoms with Gasteiger partial charge in [0.05, 0.1) is 39.4 Å². The van der Waals surface area contributed by atoms with Crippen LogP contribution in [0.5, 0.6) is 5.75 Å². The number of rotatable bonds is 11. The maximum absolute atomic E-state index is 14.4. The largest absolute Gasteiger partial charge is 0.507 e. The first-order chi connectivity index (χ1) is 29.0. The standard InChI is InChI=1S/C46H52N8O5S/c1-26(2)43(46(58)53-24-33(55)20-39(53)45(57)48-27(3)29-12-14-31(15-13-29)44-28(4)47-25-60-44)41-23-42(51-59-41)52-18-16-30(17-19-52)37-22-36-38(54(37)32-8-7-9-32)21-35(49-50-36)34-10-5-6-11-40(34)56/h5-6,10-15,21-23,25-27,30,32-33,39,43,55-56H,7-9,16-20,24H2,1-4H3,(H,48,57)/t27-,33+,39-,43+/m0/s1. The molecule has 3 N–H and O–H groups in total. The Balaban J connectivity index is 0.871. The van der Waals surface area contributed by atoms with Crippen LogP contribution in [0.25, 0.3) is 32.7 Å². The fraction of sp³-hybridized carbons (Fsp3) is 0.435. The van der Waals surface area contributed by atoms with Gasteiger partial charge in [-0.25, -0.2) is 4.98 Å². The number of piperidine rings is 1. The SMILES string of the molecule is Cc1ncsc1-c1ccc([C@H](C)NC(=O)[C@@H]2C[C@@H](O)CN2C(=O)[C@@H](c2cc(N3CCC(c4cc5nnc(-c6ccccc6O)cc5n4C4CCC4)CC3)no2)C(C)C)cc1. The van der Waals surface area contributed by atoms with Crippen molar-refractivity contribution in [3.8, 4) is 27.4 Å². The normalized spacial score (nSPS) is 19.8. The lowest BCUT2D eigenvalue weighted by Crippen LogP contribution is -2.48. The monoisotopic (exact) mass is 828 g/mol. The van der Waals surface area contributed by atoms with Gasteiger partial charge in [0.1, 0.15) is 23.2 Å². The van der Waals surface area contributed by atoms with E-state index in [-0.39, 0.29) is 42.5 Å². The fourth-order valence-corrected chi connectivity index (χ4v) is 10.1. The predicted molar refractivity (Wildman–Crippen MR) is 231 cm³/mol. The third-order valence-electron chi connectivity index (χ3n) is 12.9. The minimum atomic E-state index is -0.810. The van der Waals surface area contributed by atoms with Crippen molar-refractivity contribution >= 4 is 40.0 Å². The molecular weight excluding hydrogens is 777 g/mol. The van der Waals surface area contributed by atoms with E-state index in [4.69, 9.17) is 4.52 Å². The van der Waals surface area contributed by atoms with Crippen molar-refractivity contribution in [2.45, 2.75) is 102 Å². The number of likely N-dealkylation sites (tertiary alicyclic amines) is 1. The van der Waals surface area contributed by atoms with Crippen molar-refractivity contribution in [1.82, 2.24) is 35.1 Å². The highest BCUT2D eigenvalue weighted by atomic mass is 32.1. The van der Waals surface area contributed by atoms with Crippen LogP contribution in [0.15, 0.2) is 76.8 Å². The number of fused-ring (bicyclic) bond motifs is 1. The van der Waals surface area contributed by atoms with Gasteiger partial charge in [-0.3, -0.25) is 9.59 Å². The molecule has 4 atom stereocenters. The molecule has 2 aliphatic heterocycles. The molecule has 312 valence electrons. The third-order valence-corrected chi connectivity index (χ3v) is 13.9. The number of nitrogens with zero attached hydrogens (tertiary/aromatic N) is 7. The molecule has 0 unspecified atom stereocenters. The van der Waals surface area contributed by atoms with Gasteiger partial charge in [0.15, 0.2) is 11.6 Å². The van der Waals surface area contributed by atoms with Crippen molar-refractivity contribution in [1.29, 1.82) is 0 Å². The van der Waals surface area contributed by atoms with E-state index in [2.05, 4.69) is 47.3 Å². The average Bonchev–Trinajstić information content (AvgIpc) is 4.04. The second-order valence-corrected chi connectivity index (χ2v) is 18.0. The lowest BCUT2D eigenvalue weighted by atomic mass is 9.89. The summed E-state index contributed by atoms with van der Waals surface area (Å²) in [6.45, 7) is 9.46. The summed E-state index contributed by atoms with van der Waals surface area (Å²) in [5, 5.41) is 38.0. The number of anilines is 1. The molecule has 9 rings (SSSR count). The summed E-state index contributed by atoms with van der Waals surface area (Å²) in [7, 11) is 0. The van der Waals surface area contributed by atoms with Crippen LogP contribution in [-0.2, 0) is 9.59 Å². The Bertz CT molecular complexity index is 2500. The van der Waals surface area contributed by atoms with Crippen LogP contribution in [0.2, 0.25) is 0 Å². The lowest BCUT2D eigenvalue weighted by Gasteiger charge is -2.35. The van der Waals surface area contributed by atoms with Gasteiger partial charge in [0.2, 0.25) is 11.8 Å². The topological polar surface area (TPSA) is 163 Å². The highest BCUT2D eigenvalue weighted by molar-refractivity contribution is 7.13. The van der Waals surface area contributed by atoms with Crippen LogP contribution < -0.4 is 10.2 Å². The van der Waals surface area contributed by atoms with Gasteiger partial charge in [-0.2, -0.15) is 0 Å². The molecule has 3 fully saturated rings. The molecule has 4 aromatic heterocycles. The van der Waals surface area contributed by atoms with Crippen LogP contribution in [0, 0.1) is 12.8 Å². The quantitative estimate of drug-likeness (QED) is 0.117. The molecule has 0 radical (unpaired) electrons. The molecule has 2 saturated heterocycles. The number of hydrogen-bond acceptors (Lipinski definition) is 11. The first kappa shape index (κ1) is 39.8. The average molecular weight is 829 g/mol. The Labute approximate surface area is 353 Å². The van der Waals surface area contributed by atoms with Gasteiger partial charge in [0, 0.05) is 55.3 Å². The predicted octanol–water partition coefficient (Wildman–Crippen LogP) is 7.91. The summed E-state index contributed by atoms with van der Waals surface area (Å²) in [6, 6.07) is 20.8. The van der Waals surface area contributed by atoms with E-state index < -0.39 is 18.1 Å². The molecular formula is C46H52N8O5S. The van der Waals surface area contributed by atoms with Gasteiger partial charge >= 0.3 is 0 Å². The van der Waals surface area contributed by atoms with E-state index in [0.29, 0.717) is 34.8 Å². The fourth-order valence-electron chi connectivity index (χ4n) is 9.32. The maximum Gasteiger partial charge on any atom is 0.243 e. The van der Waals surface area contributed by atoms with E-state index in [9.17, 15) is 19.8 Å². The number of aromatic nitrogens is 5. The molecule has 14 heteroatoms. The number of nitrogens with one attached hydrogen (secondary N) is 1. The molecule has 0 bridgehead atoms. The molecule has 0 spiro atoms. The number of para-hydroxylation sites is 1. The number of phenolic OH excluding ortho intramolecular Hbond substituents is 1. The minimum Gasteiger partial charge on any atom is -0.507 e. The Morgan fingerprint density at radius 3 is 2.42 bits per heavy atom. The molecule has 1 saturated carbocycles. The number of aryl methyl sites for hydroxylation is 1. The first-order valence-corrected chi connectivity index (χ1v) is 22.1. The Morgan fingerprint density at radius 1 is 0.967 bits per heavy atom. The Morgan fingerprint density at radius 2 is 1.73 bits per heavy atom. The van der Waals surface area contributed by atoms with Gasteiger partial charge in [-0.1, -0.05) is 55.4 Å². The molecule has 6 aromatic rings. The lowest BCUT2D eigenvalue weighted by molar-refractivity contribution is -0.141. The smallest absolute Gasteiger partial charge is 0.243 e. The summed E-state index contributed by atoms with van der Waals surface area (Å²) in [5.74, 6) is 0.298. The number of carbonyl (C=O) groups is 2. The molecule has 6 heterocycles. The summed E-state index contributed by atoms with van der Waals surface area (Å²) in [5.41, 5.74) is 9.39. The summed E-state index contributed by atoms with van der Waals surface area (Å²) >= 11 is 1.60. The molecule has 2 aromatic carbocycles. The maximum atomic E-state index is 14.4. The second kappa shape index (κ2) is 16.5. The van der Waals surface area contributed by atoms with E-state index in [0.717, 1.165) is 71.5 Å². The van der Waals surface area contributed by atoms with E-state index >= 15 is 0 Å². The molecule has 60 heavy (non-hydrogen) atoms. The zero-order valence-electron chi connectivity index (χ0n) is 34.5. The van der Waals surface area contributed by atoms with Crippen molar-refractivity contribution < 1.29 is 24.3 Å². The van der Waals surface area contributed by atoms with Gasteiger partial charge in [-0.05, 0) is 87.3 Å². The number of carbonyl (C=O) groups excluding carboxylic acids is 2. The van der Waals surface area contributed by atoms with E-state index in [1.807, 2.05) is 75.7 Å². The van der Waals surface area contributed by atoms with Crippen molar-refractivity contribution in [2.24, 2.45) is 5.92 Å². The molecule has 1 aliphatic carbocycles. The van der Waals surface area contributed by atoms with Crippen LogP contribution in [0.1, 0.15) is 106 Å². The van der Waals surface area contributed by atoms with E-state index in [1.54, 1.807) is 23.5 Å². The minimum absolute atomic E-state index is 0.0745. The molecule has 13 nitrogen and oxygen atoms in total. The Hall–Kier alpha value is -5.60. The summed E-state index contributed by atoms with van der Waals surface area (Å²) in [4.78, 5) is 37.4. The van der Waals surface area contributed by atoms with Gasteiger partial charge in [-0.15, -0.1) is 21.5 Å². The number of thiazole rings is 1. The zero-order valence-corrected chi connectivity index (χ0v) is 35.3. The number of aliphatic hydroxyl groups excluding tert-OH is 1. The number of phenols is 1. The van der Waals surface area contributed by atoms with Crippen LogP contribution in [-0.4, -0.2) is 83.6 Å². The number of amides is 2. The highest BCUT2D eigenvalue weighted by Gasteiger charge is 2.44. The van der Waals surface area contributed by atoms with Crippen LogP contribution >= 0.6 is 11.3 Å². The second-order valence-electron chi connectivity index (χ2n) is 17.1. The van der Waals surface area contributed by atoms with Crippen molar-refractivity contribution in [3.63, 3.8) is 0 Å². The first-order valence-electron chi connectivity index (χ1n) is 21.2. The number of benzene rings is 2. The molecule has 3 aliphatic rings.